The van der Waals surface area contributed by atoms with Gasteiger partial charge in [0.2, 0.25) is 11.4 Å². The van der Waals surface area contributed by atoms with Crippen LogP contribution in [0.5, 0.6) is 17.2 Å². The van der Waals surface area contributed by atoms with Crippen molar-refractivity contribution in [1.29, 1.82) is 0 Å². The van der Waals surface area contributed by atoms with Crippen molar-refractivity contribution < 1.29 is 28.8 Å². The molecule has 4 aromatic rings. The van der Waals surface area contributed by atoms with E-state index in [4.69, 9.17) is 14.2 Å². The van der Waals surface area contributed by atoms with Crippen LogP contribution in [0.2, 0.25) is 0 Å². The number of carbonyl (C=O) groups is 1. The molecule has 0 radical (unpaired) electrons. The Labute approximate surface area is 198 Å². The predicted octanol–water partition coefficient (Wildman–Crippen LogP) is 4.40. The van der Waals surface area contributed by atoms with Gasteiger partial charge in [-0.2, -0.15) is 5.10 Å². The normalized spacial score (nSPS) is 11.6. The maximum Gasteiger partial charge on any atom is 0.311 e. The number of hydrogen-bond acceptors (Lipinski definition) is 4. The predicted molar refractivity (Wildman–Crippen MR) is 128 cm³/mol. The molecular weight excluding hydrogens is 432 g/mol. The Morgan fingerprint density at radius 1 is 0.853 bits per heavy atom. The summed E-state index contributed by atoms with van der Waals surface area (Å²) in [4.78, 5) is 12.2. The second kappa shape index (κ2) is 10.1. The highest BCUT2D eigenvalue weighted by Crippen LogP contribution is 2.27. The number of aromatic nitrogens is 2. The van der Waals surface area contributed by atoms with Gasteiger partial charge in [0.25, 0.3) is 0 Å². The molecule has 1 aromatic heterocycles. The summed E-state index contributed by atoms with van der Waals surface area (Å²) in [6.45, 7) is 0. The molecule has 0 fully saturated rings. The molecule has 4 rings (SSSR count). The van der Waals surface area contributed by atoms with E-state index in [9.17, 15) is 9.90 Å². The fraction of sp³-hybridized carbons (Fsp3) is 0.185. The zero-order valence-electron chi connectivity index (χ0n) is 19.3. The largest absolute Gasteiger partial charge is 0.497 e. The van der Waals surface area contributed by atoms with Gasteiger partial charge in [-0.3, -0.25) is 4.79 Å². The molecule has 0 aliphatic heterocycles. The van der Waals surface area contributed by atoms with Crippen molar-refractivity contribution in [3.05, 3.63) is 90.1 Å². The molecule has 0 saturated carbocycles. The standard InChI is InChI=1S/C27H26N2O5/c1-32-22-11-7-18(8-12-22)26-17-20(28-29(26)21-9-13-23(33-2)14-10-21)16-25(27(30)31)19-5-4-6-24(15-19)34-3/h4-15,17,25H,16H2,1-3H3,(H,30,31)/p+1/t25-/m1/s1. The molecule has 1 heterocycles. The Bertz CT molecular complexity index is 1200. The van der Waals surface area contributed by atoms with E-state index in [1.54, 1.807) is 39.5 Å². The van der Waals surface area contributed by atoms with Gasteiger partial charge in [-0.15, -0.1) is 0 Å². The van der Waals surface area contributed by atoms with Crippen LogP contribution in [0.1, 0.15) is 17.2 Å². The van der Waals surface area contributed by atoms with E-state index in [1.807, 2.05) is 65.3 Å². The summed E-state index contributed by atoms with van der Waals surface area (Å²) in [5.41, 5.74) is 4.23. The van der Waals surface area contributed by atoms with Crippen LogP contribution in [0.15, 0.2) is 78.9 Å². The minimum Gasteiger partial charge on any atom is -0.497 e. The van der Waals surface area contributed by atoms with Gasteiger partial charge < -0.3 is 19.3 Å². The van der Waals surface area contributed by atoms with Crippen LogP contribution in [-0.4, -0.2) is 37.5 Å². The van der Waals surface area contributed by atoms with Crippen molar-refractivity contribution in [2.75, 3.05) is 21.3 Å². The second-order valence-corrected chi connectivity index (χ2v) is 7.80. The van der Waals surface area contributed by atoms with Gasteiger partial charge in [-0.25, -0.2) is 0 Å². The van der Waals surface area contributed by atoms with E-state index in [0.29, 0.717) is 11.3 Å². The highest BCUT2D eigenvalue weighted by atomic mass is 16.5. The molecule has 34 heavy (non-hydrogen) atoms. The molecule has 7 nitrogen and oxygen atoms in total. The van der Waals surface area contributed by atoms with Crippen molar-refractivity contribution >= 4 is 5.97 Å². The number of rotatable bonds is 9. The molecule has 0 saturated heterocycles. The lowest BCUT2D eigenvalue weighted by molar-refractivity contribution is -0.645. The summed E-state index contributed by atoms with van der Waals surface area (Å²) < 4.78 is 17.8. The van der Waals surface area contributed by atoms with Crippen molar-refractivity contribution in [2.45, 2.75) is 12.3 Å². The first-order chi connectivity index (χ1) is 16.5. The lowest BCUT2D eigenvalue weighted by Gasteiger charge is -2.12. The topological polar surface area (TPSA) is 84.7 Å². The molecular formula is C27H27N2O5+. The number of methoxy groups -OCH3 is 3. The molecule has 0 unspecified atom stereocenters. The third-order valence-electron chi connectivity index (χ3n) is 5.74. The SMILES string of the molecule is COc1ccc(-c2cc(C[C@@H](C(=O)O)c3cccc(OC)c3)[nH][n+]2-c2ccc(OC)cc2)cc1. The Hall–Kier alpha value is -4.26. The van der Waals surface area contributed by atoms with Crippen molar-refractivity contribution in [1.82, 2.24) is 5.10 Å². The van der Waals surface area contributed by atoms with Crippen LogP contribution >= 0.6 is 0 Å². The van der Waals surface area contributed by atoms with Gasteiger partial charge in [0, 0.05) is 30.2 Å². The number of hydrogen-bond donors (Lipinski definition) is 2. The highest BCUT2D eigenvalue weighted by Gasteiger charge is 2.26. The number of nitrogens with zero attached hydrogens (tertiary/aromatic N) is 1. The summed E-state index contributed by atoms with van der Waals surface area (Å²) in [7, 11) is 4.83. The molecule has 0 spiro atoms. The molecule has 0 bridgehead atoms. The molecule has 0 aliphatic rings. The van der Waals surface area contributed by atoms with Crippen LogP contribution in [0.3, 0.4) is 0 Å². The van der Waals surface area contributed by atoms with Crippen LogP contribution in [0.25, 0.3) is 16.9 Å². The number of benzene rings is 3. The lowest BCUT2D eigenvalue weighted by atomic mass is 9.94. The van der Waals surface area contributed by atoms with E-state index >= 15 is 0 Å². The van der Waals surface area contributed by atoms with Crippen LogP contribution in [0.4, 0.5) is 0 Å². The number of carboxylic acid groups (broad SMARTS) is 1. The average Bonchev–Trinajstić information content (AvgIpc) is 3.31. The smallest absolute Gasteiger partial charge is 0.311 e. The second-order valence-electron chi connectivity index (χ2n) is 7.80. The molecule has 3 aromatic carbocycles. The fourth-order valence-electron chi connectivity index (χ4n) is 3.91. The minimum atomic E-state index is -0.898. The Morgan fingerprint density at radius 2 is 1.47 bits per heavy atom. The Morgan fingerprint density at radius 3 is 2.06 bits per heavy atom. The summed E-state index contributed by atoms with van der Waals surface area (Å²) in [5, 5.41) is 13.4. The minimum absolute atomic E-state index is 0.287. The molecule has 2 N–H and O–H groups in total. The van der Waals surface area contributed by atoms with Crippen LogP contribution in [-0.2, 0) is 11.2 Å². The highest BCUT2D eigenvalue weighted by molar-refractivity contribution is 5.76. The molecule has 174 valence electrons. The van der Waals surface area contributed by atoms with E-state index in [-0.39, 0.29) is 6.42 Å². The van der Waals surface area contributed by atoms with Gasteiger partial charge in [0.05, 0.1) is 32.9 Å². The summed E-state index contributed by atoms with van der Waals surface area (Å²) in [6.07, 6.45) is 0.287. The molecule has 0 amide bonds. The van der Waals surface area contributed by atoms with Gasteiger partial charge in [-0.05, 0) is 54.1 Å². The third kappa shape index (κ3) is 4.88. The zero-order valence-corrected chi connectivity index (χ0v) is 19.3. The first-order valence-electron chi connectivity index (χ1n) is 10.8. The van der Waals surface area contributed by atoms with Crippen LogP contribution in [0, 0.1) is 0 Å². The lowest BCUT2D eigenvalue weighted by Crippen LogP contribution is -2.35. The fourth-order valence-corrected chi connectivity index (χ4v) is 3.91. The van der Waals surface area contributed by atoms with E-state index in [2.05, 4.69) is 5.10 Å². The quantitative estimate of drug-likeness (QED) is 0.363. The Kier molecular flexibility index (Phi) is 6.82. The number of aliphatic carboxylic acids is 1. The monoisotopic (exact) mass is 459 g/mol. The van der Waals surface area contributed by atoms with E-state index in [0.717, 1.165) is 34.1 Å². The number of ether oxygens (including phenoxy) is 3. The van der Waals surface area contributed by atoms with Gasteiger partial charge in [-0.1, -0.05) is 16.8 Å². The molecule has 7 heteroatoms. The third-order valence-corrected chi connectivity index (χ3v) is 5.74. The van der Waals surface area contributed by atoms with E-state index < -0.39 is 11.9 Å². The van der Waals surface area contributed by atoms with Crippen LogP contribution < -0.4 is 18.9 Å². The number of H-pyrrole nitrogens is 1. The summed E-state index contributed by atoms with van der Waals surface area (Å²) in [5.74, 6) is 0.514. The van der Waals surface area contributed by atoms with Crippen molar-refractivity contribution in [2.24, 2.45) is 0 Å². The Balaban J connectivity index is 1.76. The van der Waals surface area contributed by atoms with E-state index in [1.165, 1.54) is 0 Å². The number of aromatic amines is 1. The van der Waals surface area contributed by atoms with Crippen molar-refractivity contribution in [3.8, 4) is 34.2 Å². The maximum atomic E-state index is 12.2. The molecule has 0 aliphatic carbocycles. The summed E-state index contributed by atoms with van der Waals surface area (Å²) >= 11 is 0. The number of carboxylic acids is 1. The van der Waals surface area contributed by atoms with Gasteiger partial charge >= 0.3 is 5.97 Å². The summed E-state index contributed by atoms with van der Waals surface area (Å²) in [6, 6.07) is 24.6. The zero-order chi connectivity index (χ0) is 24.1. The van der Waals surface area contributed by atoms with Gasteiger partial charge in [0.1, 0.15) is 17.2 Å². The van der Waals surface area contributed by atoms with Crippen molar-refractivity contribution in [3.63, 3.8) is 0 Å². The maximum absolute atomic E-state index is 12.2. The molecule has 1 atom stereocenters. The average molecular weight is 460 g/mol. The van der Waals surface area contributed by atoms with Gasteiger partial charge in [0.15, 0.2) is 0 Å². The number of nitrogens with one attached hydrogen (secondary N) is 1. The first kappa shape index (κ1) is 22.9. The first-order valence-corrected chi connectivity index (χ1v) is 10.8.